The van der Waals surface area contributed by atoms with Crippen molar-refractivity contribution >= 4 is 8.07 Å². The van der Waals surface area contributed by atoms with Gasteiger partial charge in [-0.2, -0.15) is 0 Å². The highest BCUT2D eigenvalue weighted by Crippen LogP contribution is 2.41. The van der Waals surface area contributed by atoms with Crippen molar-refractivity contribution in [2.45, 2.75) is 76.5 Å². The number of fused-ring (bicyclic) bond motifs is 1. The van der Waals surface area contributed by atoms with Crippen LogP contribution in [0.3, 0.4) is 0 Å². The van der Waals surface area contributed by atoms with Gasteiger partial charge in [-0.1, -0.05) is 50.0 Å². The minimum Gasteiger partial charge on any atom is -0.368 e. The Bertz CT molecular complexity index is 526. The molecule has 1 aromatic rings. The molecule has 2 aliphatic rings. The highest BCUT2D eigenvalue weighted by Gasteiger charge is 2.55. The van der Waals surface area contributed by atoms with E-state index < -0.39 is 13.9 Å². The summed E-state index contributed by atoms with van der Waals surface area (Å²) in [6.07, 6.45) is -0.479. The second-order valence-corrected chi connectivity index (χ2v) is 13.7. The molecule has 2 aliphatic heterocycles. The van der Waals surface area contributed by atoms with Crippen molar-refractivity contribution in [2.24, 2.45) is 0 Å². The van der Waals surface area contributed by atoms with Crippen LogP contribution < -0.4 is 0 Å². The molecule has 23 heavy (non-hydrogen) atoms. The highest BCUT2D eigenvalue weighted by molar-refractivity contribution is 6.76. The Kier molecular flexibility index (Phi) is 4.68. The summed E-state index contributed by atoms with van der Waals surface area (Å²) in [7, 11) is -1.27. The maximum Gasteiger partial charge on any atom is 0.190 e. The van der Waals surface area contributed by atoms with E-state index in [0.717, 1.165) is 6.04 Å². The largest absolute Gasteiger partial charge is 0.368 e. The molecule has 0 spiro atoms. The first-order valence-electron chi connectivity index (χ1n) is 8.40. The van der Waals surface area contributed by atoms with Crippen LogP contribution in [0.1, 0.15) is 19.4 Å². The molecule has 3 rings (SSSR count). The van der Waals surface area contributed by atoms with Gasteiger partial charge in [0, 0.05) is 8.07 Å². The summed E-state index contributed by atoms with van der Waals surface area (Å²) < 4.78 is 24.4. The summed E-state index contributed by atoms with van der Waals surface area (Å²) in [6.45, 7) is 11.5. The van der Waals surface area contributed by atoms with Gasteiger partial charge in [0.2, 0.25) is 0 Å². The Labute approximate surface area is 140 Å². The third kappa shape index (κ3) is 4.22. The zero-order chi connectivity index (χ0) is 16.7. The van der Waals surface area contributed by atoms with Crippen molar-refractivity contribution in [3.8, 4) is 0 Å². The van der Waals surface area contributed by atoms with E-state index in [9.17, 15) is 0 Å². The molecule has 0 bridgehead atoms. The van der Waals surface area contributed by atoms with Crippen molar-refractivity contribution in [3.05, 3.63) is 35.9 Å². The van der Waals surface area contributed by atoms with E-state index >= 15 is 0 Å². The minimum absolute atomic E-state index is 0.0523. The molecule has 4 nitrogen and oxygen atoms in total. The van der Waals surface area contributed by atoms with Crippen LogP contribution in [0, 0.1) is 0 Å². The number of hydrogen-bond acceptors (Lipinski definition) is 4. The molecule has 0 aromatic heterocycles. The molecule has 0 N–H and O–H groups in total. The Morgan fingerprint density at radius 2 is 1.78 bits per heavy atom. The van der Waals surface area contributed by atoms with Gasteiger partial charge in [0.25, 0.3) is 0 Å². The molecular weight excluding hydrogens is 308 g/mol. The first-order valence-corrected chi connectivity index (χ1v) is 12.1. The average molecular weight is 337 g/mol. The molecule has 5 heteroatoms. The fraction of sp³-hybridized carbons (Fsp3) is 0.667. The molecule has 0 aliphatic carbocycles. The molecular formula is C18H28O4Si. The molecule has 0 saturated carbocycles. The molecule has 0 amide bonds. The SMILES string of the molecule is CC1(C)O[C@H]2O[C@H](C[Si](C)(C)C)[C@H](OCc3ccccc3)[C@H]2O1. The van der Waals surface area contributed by atoms with Gasteiger partial charge in [0.15, 0.2) is 12.1 Å². The Morgan fingerprint density at radius 1 is 1.09 bits per heavy atom. The van der Waals surface area contributed by atoms with Crippen LogP contribution in [-0.4, -0.2) is 38.5 Å². The third-order valence-corrected chi connectivity index (χ3v) is 5.81. The number of benzene rings is 1. The van der Waals surface area contributed by atoms with E-state index in [1.807, 2.05) is 32.0 Å². The summed E-state index contributed by atoms with van der Waals surface area (Å²) in [5.41, 5.74) is 1.17. The first kappa shape index (κ1) is 17.1. The predicted octanol–water partition coefficient (Wildman–Crippen LogP) is 3.79. The van der Waals surface area contributed by atoms with Gasteiger partial charge in [-0.3, -0.25) is 0 Å². The molecule has 0 unspecified atom stereocenters. The van der Waals surface area contributed by atoms with Gasteiger partial charge in [0.05, 0.1) is 12.7 Å². The topological polar surface area (TPSA) is 36.9 Å². The van der Waals surface area contributed by atoms with E-state index in [2.05, 4.69) is 31.8 Å². The Balaban J connectivity index is 1.71. The monoisotopic (exact) mass is 336 g/mol. The molecule has 2 heterocycles. The van der Waals surface area contributed by atoms with E-state index in [1.54, 1.807) is 0 Å². The van der Waals surface area contributed by atoms with Crippen molar-refractivity contribution in [1.29, 1.82) is 0 Å². The van der Waals surface area contributed by atoms with E-state index in [1.165, 1.54) is 5.56 Å². The van der Waals surface area contributed by atoms with Gasteiger partial charge < -0.3 is 18.9 Å². The van der Waals surface area contributed by atoms with Crippen LogP contribution >= 0.6 is 0 Å². The number of hydrogen-bond donors (Lipinski definition) is 0. The summed E-state index contributed by atoms with van der Waals surface area (Å²) in [6, 6.07) is 11.3. The summed E-state index contributed by atoms with van der Waals surface area (Å²) >= 11 is 0. The van der Waals surface area contributed by atoms with Crippen molar-refractivity contribution < 1.29 is 18.9 Å². The van der Waals surface area contributed by atoms with Crippen molar-refractivity contribution in [1.82, 2.24) is 0 Å². The first-order chi connectivity index (χ1) is 10.7. The summed E-state index contributed by atoms with van der Waals surface area (Å²) in [5.74, 6) is -0.603. The van der Waals surface area contributed by atoms with Gasteiger partial charge in [-0.25, -0.2) is 0 Å². The smallest absolute Gasteiger partial charge is 0.190 e. The van der Waals surface area contributed by atoms with Crippen molar-refractivity contribution in [3.63, 3.8) is 0 Å². The second-order valence-electron chi connectivity index (χ2n) is 8.17. The molecule has 2 fully saturated rings. The second kappa shape index (κ2) is 6.30. The van der Waals surface area contributed by atoms with E-state index in [0.29, 0.717) is 6.61 Å². The van der Waals surface area contributed by atoms with Crippen LogP contribution in [0.25, 0.3) is 0 Å². The van der Waals surface area contributed by atoms with Gasteiger partial charge in [-0.05, 0) is 25.5 Å². The zero-order valence-electron chi connectivity index (χ0n) is 14.7. The van der Waals surface area contributed by atoms with E-state index in [-0.39, 0.29) is 24.6 Å². The van der Waals surface area contributed by atoms with Crippen LogP contribution in [-0.2, 0) is 25.6 Å². The maximum absolute atomic E-state index is 6.25. The van der Waals surface area contributed by atoms with Crippen LogP contribution in [0.5, 0.6) is 0 Å². The average Bonchev–Trinajstić information content (AvgIpc) is 2.87. The maximum atomic E-state index is 6.25. The molecule has 128 valence electrons. The minimum atomic E-state index is -1.27. The molecule has 4 atom stereocenters. The molecule has 2 saturated heterocycles. The Morgan fingerprint density at radius 3 is 2.43 bits per heavy atom. The normalized spacial score (nSPS) is 32.9. The number of rotatable bonds is 5. The quantitative estimate of drug-likeness (QED) is 0.767. The van der Waals surface area contributed by atoms with Crippen molar-refractivity contribution in [2.75, 3.05) is 0 Å². The van der Waals surface area contributed by atoms with Crippen LogP contribution in [0.2, 0.25) is 25.7 Å². The van der Waals surface area contributed by atoms with Gasteiger partial charge in [0.1, 0.15) is 12.2 Å². The lowest BCUT2D eigenvalue weighted by atomic mass is 10.1. The fourth-order valence-corrected chi connectivity index (χ4v) is 4.82. The standard InChI is InChI=1S/C18H28O4Si/c1-18(2)21-16-15(19-11-13-9-7-6-8-10-13)14(12-23(3,4)5)20-17(16)22-18/h6-10,14-17H,11-12H2,1-5H3/t14-,15+,16-,17-/m1/s1. The summed E-state index contributed by atoms with van der Waals surface area (Å²) in [4.78, 5) is 0. The van der Waals surface area contributed by atoms with Gasteiger partial charge in [-0.15, -0.1) is 0 Å². The Hall–Kier alpha value is -0.723. The number of ether oxygens (including phenoxy) is 4. The lowest BCUT2D eigenvalue weighted by Gasteiger charge is -2.29. The fourth-order valence-electron chi connectivity index (χ4n) is 3.28. The lowest BCUT2D eigenvalue weighted by Crippen LogP contribution is -2.40. The summed E-state index contributed by atoms with van der Waals surface area (Å²) in [5, 5.41) is 0. The van der Waals surface area contributed by atoms with Crippen LogP contribution in [0.15, 0.2) is 30.3 Å². The molecule has 1 aromatic carbocycles. The van der Waals surface area contributed by atoms with Crippen LogP contribution in [0.4, 0.5) is 0 Å². The van der Waals surface area contributed by atoms with Gasteiger partial charge >= 0.3 is 0 Å². The molecule has 0 radical (unpaired) electrons. The zero-order valence-corrected chi connectivity index (χ0v) is 15.7. The third-order valence-electron chi connectivity index (χ3n) is 4.19. The lowest BCUT2D eigenvalue weighted by molar-refractivity contribution is -0.216. The predicted molar refractivity (Wildman–Crippen MR) is 91.9 cm³/mol. The highest BCUT2D eigenvalue weighted by atomic mass is 28.3. The van der Waals surface area contributed by atoms with E-state index in [4.69, 9.17) is 18.9 Å².